The molecule has 0 heterocycles. The molecule has 0 radical (unpaired) electrons. The number of nitrogens with two attached hydrogens (primary N) is 1. The van der Waals surface area contributed by atoms with Crippen LogP contribution in [-0.2, 0) is 4.79 Å². The van der Waals surface area contributed by atoms with E-state index < -0.39 is 0 Å². The Kier molecular flexibility index (Phi) is 8.84. The van der Waals surface area contributed by atoms with Crippen molar-refractivity contribution in [1.29, 1.82) is 0 Å². The summed E-state index contributed by atoms with van der Waals surface area (Å²) in [5, 5.41) is 8.19. The molecule has 8 nitrogen and oxygen atoms in total. The fraction of sp³-hybridized carbons (Fsp3) is 0.250. The molecule has 0 unspecified atom stereocenters. The van der Waals surface area contributed by atoms with Crippen molar-refractivity contribution in [2.75, 3.05) is 31.3 Å². The van der Waals surface area contributed by atoms with Crippen molar-refractivity contribution in [2.45, 2.75) is 11.3 Å². The Bertz CT molecular complexity index is 843. The molecule has 2 rings (SSSR count). The number of rotatable bonds is 10. The topological polar surface area (TPSA) is 123 Å². The number of benzene rings is 2. The number of hydrogen-bond acceptors (Lipinski definition) is 5. The summed E-state index contributed by atoms with van der Waals surface area (Å²) in [7, 11) is 1.56. The van der Waals surface area contributed by atoms with Crippen LogP contribution < -0.4 is 26.4 Å². The molecule has 5 N–H and O–H groups in total. The molecule has 0 fully saturated rings. The highest BCUT2D eigenvalue weighted by atomic mass is 32.2. The summed E-state index contributed by atoms with van der Waals surface area (Å²) in [6, 6.07) is 13.7. The molecule has 2 aromatic rings. The maximum atomic E-state index is 12.1. The normalized spacial score (nSPS) is 10.1. The van der Waals surface area contributed by atoms with Crippen LogP contribution in [-0.4, -0.2) is 43.8 Å². The molecule has 9 heteroatoms. The van der Waals surface area contributed by atoms with Crippen molar-refractivity contribution in [3.05, 3.63) is 54.1 Å². The number of carbonyl (C=O) groups is 3. The third-order valence-electron chi connectivity index (χ3n) is 3.79. The Morgan fingerprint density at radius 2 is 1.69 bits per heavy atom. The first-order valence-corrected chi connectivity index (χ1v) is 9.95. The maximum absolute atomic E-state index is 12.1. The molecule has 0 aliphatic rings. The van der Waals surface area contributed by atoms with Gasteiger partial charge in [0.05, 0.1) is 12.8 Å². The number of urea groups is 1. The Morgan fingerprint density at radius 1 is 1.00 bits per heavy atom. The van der Waals surface area contributed by atoms with Gasteiger partial charge in [-0.2, -0.15) is 0 Å². The van der Waals surface area contributed by atoms with Gasteiger partial charge in [-0.1, -0.05) is 12.1 Å². The van der Waals surface area contributed by atoms with Crippen molar-refractivity contribution in [1.82, 2.24) is 10.6 Å². The number of carbonyl (C=O) groups excluding carboxylic acids is 3. The SMILES string of the molecule is COc1ccc(C(=O)NCCNC(=O)Nc2ccccc2SCCC(N)=O)cc1. The highest BCUT2D eigenvalue weighted by Gasteiger charge is 2.08. The fourth-order valence-electron chi connectivity index (χ4n) is 2.32. The molecule has 0 aliphatic carbocycles. The molecule has 0 saturated carbocycles. The van der Waals surface area contributed by atoms with Gasteiger partial charge in [0.2, 0.25) is 5.91 Å². The molecule has 29 heavy (non-hydrogen) atoms. The van der Waals surface area contributed by atoms with Gasteiger partial charge in [0.1, 0.15) is 5.75 Å². The molecule has 0 aliphatic heterocycles. The minimum absolute atomic E-state index is 0.231. The van der Waals surface area contributed by atoms with Crippen LogP contribution in [0.5, 0.6) is 5.75 Å². The van der Waals surface area contributed by atoms with Crippen molar-refractivity contribution >= 4 is 35.3 Å². The average Bonchev–Trinajstić information content (AvgIpc) is 2.72. The van der Waals surface area contributed by atoms with Gasteiger partial charge in [0.25, 0.3) is 5.91 Å². The van der Waals surface area contributed by atoms with E-state index >= 15 is 0 Å². The molecule has 0 atom stereocenters. The highest BCUT2D eigenvalue weighted by molar-refractivity contribution is 7.99. The lowest BCUT2D eigenvalue weighted by atomic mass is 10.2. The average molecular weight is 417 g/mol. The number of hydrogen-bond donors (Lipinski definition) is 4. The summed E-state index contributed by atoms with van der Waals surface area (Å²) in [4.78, 5) is 35.9. The molecule has 0 saturated heterocycles. The van der Waals surface area contributed by atoms with Crippen molar-refractivity contribution in [2.24, 2.45) is 5.73 Å². The largest absolute Gasteiger partial charge is 0.497 e. The first-order valence-electron chi connectivity index (χ1n) is 8.97. The number of primary amides is 1. The second kappa shape index (κ2) is 11.6. The van der Waals surface area contributed by atoms with E-state index in [-0.39, 0.29) is 37.4 Å². The number of thioether (sulfide) groups is 1. The number of ether oxygens (including phenoxy) is 1. The smallest absolute Gasteiger partial charge is 0.319 e. The van der Waals surface area contributed by atoms with E-state index in [0.29, 0.717) is 22.8 Å². The number of methoxy groups -OCH3 is 1. The second-order valence-corrected chi connectivity index (χ2v) is 7.06. The minimum Gasteiger partial charge on any atom is -0.497 e. The fourth-order valence-corrected chi connectivity index (χ4v) is 3.29. The van der Waals surface area contributed by atoms with Crippen LogP contribution in [0.3, 0.4) is 0 Å². The molecule has 4 amide bonds. The minimum atomic E-state index is -0.383. The maximum Gasteiger partial charge on any atom is 0.319 e. The summed E-state index contributed by atoms with van der Waals surface area (Å²) in [6.45, 7) is 0.554. The van der Waals surface area contributed by atoms with E-state index in [9.17, 15) is 14.4 Å². The van der Waals surface area contributed by atoms with Crippen LogP contribution in [0.15, 0.2) is 53.4 Å². The lowest BCUT2D eigenvalue weighted by Gasteiger charge is -2.12. The quantitative estimate of drug-likeness (QED) is 0.349. The van der Waals surface area contributed by atoms with Gasteiger partial charge < -0.3 is 26.4 Å². The van der Waals surface area contributed by atoms with Gasteiger partial charge in [0, 0.05) is 35.7 Å². The van der Waals surface area contributed by atoms with E-state index in [2.05, 4.69) is 16.0 Å². The van der Waals surface area contributed by atoms with Crippen LogP contribution in [0.4, 0.5) is 10.5 Å². The molecule has 154 valence electrons. The number of amides is 4. The van der Waals surface area contributed by atoms with Gasteiger partial charge in [0.15, 0.2) is 0 Å². The molecular weight excluding hydrogens is 392 g/mol. The Morgan fingerprint density at radius 3 is 2.38 bits per heavy atom. The van der Waals surface area contributed by atoms with E-state index in [1.807, 2.05) is 18.2 Å². The van der Waals surface area contributed by atoms with Crippen LogP contribution in [0, 0.1) is 0 Å². The zero-order valence-corrected chi connectivity index (χ0v) is 16.9. The number of nitrogens with one attached hydrogen (secondary N) is 3. The Balaban J connectivity index is 1.74. The van der Waals surface area contributed by atoms with Crippen LogP contribution in [0.25, 0.3) is 0 Å². The number of para-hydroxylation sites is 1. The lowest BCUT2D eigenvalue weighted by molar-refractivity contribution is -0.117. The number of anilines is 1. The molecule has 2 aromatic carbocycles. The van der Waals surface area contributed by atoms with Gasteiger partial charge in [-0.25, -0.2) is 4.79 Å². The predicted octanol–water partition coefficient (Wildman–Crippen LogP) is 2.21. The molecule has 0 bridgehead atoms. The van der Waals surface area contributed by atoms with Crippen molar-refractivity contribution in [3.63, 3.8) is 0 Å². The van der Waals surface area contributed by atoms with E-state index in [0.717, 1.165) is 4.90 Å². The third kappa shape index (κ3) is 7.74. The summed E-state index contributed by atoms with van der Waals surface area (Å²) >= 11 is 1.44. The third-order valence-corrected chi connectivity index (χ3v) is 4.86. The van der Waals surface area contributed by atoms with Gasteiger partial charge in [-0.3, -0.25) is 9.59 Å². The van der Waals surface area contributed by atoms with Crippen molar-refractivity contribution < 1.29 is 19.1 Å². The first-order chi connectivity index (χ1) is 14.0. The zero-order valence-electron chi connectivity index (χ0n) is 16.1. The van der Waals surface area contributed by atoms with Crippen LogP contribution >= 0.6 is 11.8 Å². The summed E-state index contributed by atoms with van der Waals surface area (Å²) in [6.07, 6.45) is 0.263. The first kappa shape index (κ1) is 22.1. The molecular formula is C20H24N4O4S. The second-order valence-electron chi connectivity index (χ2n) is 5.93. The van der Waals surface area contributed by atoms with E-state index in [1.165, 1.54) is 11.8 Å². The predicted molar refractivity (Wildman–Crippen MR) is 113 cm³/mol. The lowest BCUT2D eigenvalue weighted by Crippen LogP contribution is -2.36. The summed E-state index contributed by atoms with van der Waals surface area (Å²) in [5.41, 5.74) is 6.30. The van der Waals surface area contributed by atoms with E-state index in [4.69, 9.17) is 10.5 Å². The highest BCUT2D eigenvalue weighted by Crippen LogP contribution is 2.27. The van der Waals surface area contributed by atoms with Crippen LogP contribution in [0.2, 0.25) is 0 Å². The molecule has 0 aromatic heterocycles. The monoisotopic (exact) mass is 416 g/mol. The standard InChI is InChI=1S/C20H24N4O4S/c1-28-15-8-6-14(7-9-15)19(26)22-11-12-23-20(27)24-16-4-2-3-5-17(16)29-13-10-18(21)25/h2-9H,10-13H2,1H3,(H2,21,25)(H,22,26)(H2,23,24,27). The van der Waals surface area contributed by atoms with Crippen LogP contribution in [0.1, 0.15) is 16.8 Å². The Hall–Kier alpha value is -3.20. The van der Waals surface area contributed by atoms with Gasteiger partial charge >= 0.3 is 6.03 Å². The zero-order chi connectivity index (χ0) is 21.1. The summed E-state index contributed by atoms with van der Waals surface area (Å²) in [5.74, 6) is 0.615. The van der Waals surface area contributed by atoms with Crippen molar-refractivity contribution in [3.8, 4) is 5.75 Å². The van der Waals surface area contributed by atoms with Gasteiger partial charge in [-0.05, 0) is 36.4 Å². The van der Waals surface area contributed by atoms with Gasteiger partial charge in [-0.15, -0.1) is 11.8 Å². The Labute approximate surface area is 173 Å². The van der Waals surface area contributed by atoms with E-state index in [1.54, 1.807) is 37.4 Å². The summed E-state index contributed by atoms with van der Waals surface area (Å²) < 4.78 is 5.05. The molecule has 0 spiro atoms.